The van der Waals surface area contributed by atoms with Crippen molar-refractivity contribution in [3.63, 3.8) is 0 Å². The van der Waals surface area contributed by atoms with Crippen LogP contribution in [0.25, 0.3) is 0 Å². The lowest BCUT2D eigenvalue weighted by atomic mass is 10.0. The third kappa shape index (κ3) is 72.9. The fraction of sp³-hybridized carbons (Fsp3) is 0.951. The monoisotopic (exact) mass is 1310 g/mol. The summed E-state index contributed by atoms with van der Waals surface area (Å²) in [6.07, 6.45) is 88.3. The van der Waals surface area contributed by atoms with Gasteiger partial charge in [0.25, 0.3) is 0 Å². The minimum absolute atomic E-state index is 0.0464. The molecule has 1 amide bonds. The first-order chi connectivity index (χ1) is 44.4. The van der Waals surface area contributed by atoms with Gasteiger partial charge < -0.3 is 19.4 Å². The van der Waals surface area contributed by atoms with Gasteiger partial charge in [-0.2, -0.15) is 0 Å². The molecule has 542 valence electrons. The van der Waals surface area contributed by atoms with E-state index in [4.69, 9.17) is 13.8 Å². The fourth-order valence-electron chi connectivity index (χ4n) is 12.9. The van der Waals surface area contributed by atoms with Crippen molar-refractivity contribution in [2.45, 2.75) is 457 Å². The molecule has 0 rings (SSSR count). The Labute approximate surface area is 569 Å². The van der Waals surface area contributed by atoms with Crippen LogP contribution in [0.1, 0.15) is 445 Å². The lowest BCUT2D eigenvalue weighted by molar-refractivity contribution is -0.870. The van der Waals surface area contributed by atoms with E-state index in [0.717, 1.165) is 57.8 Å². The molecule has 0 saturated carbocycles. The maximum Gasteiger partial charge on any atom is 0.472 e. The fourth-order valence-corrected chi connectivity index (χ4v) is 13.7. The molecule has 0 saturated heterocycles. The largest absolute Gasteiger partial charge is 0.472 e. The maximum atomic E-state index is 13.7. The number of amides is 1. The number of rotatable bonds is 77. The number of hydrogen-bond acceptors (Lipinski definition) is 6. The number of carbonyl (C=O) groups excluding carboxylic acids is 2. The molecule has 0 aliphatic rings. The van der Waals surface area contributed by atoms with Crippen LogP contribution in [0.3, 0.4) is 0 Å². The quantitative estimate of drug-likeness (QED) is 0.0205. The Morgan fingerprint density at radius 1 is 0.374 bits per heavy atom. The lowest BCUT2D eigenvalue weighted by Gasteiger charge is -2.27. The molecule has 2 N–H and O–H groups in total. The summed E-state index contributed by atoms with van der Waals surface area (Å²) in [6.45, 7) is 7.12. The average Bonchev–Trinajstić information content (AvgIpc) is 3.70. The molecule has 0 bridgehead atoms. The molecule has 0 heterocycles. The normalized spacial score (nSPS) is 13.4. The Balaban J connectivity index is 4.88. The third-order valence-electron chi connectivity index (χ3n) is 19.2. The summed E-state index contributed by atoms with van der Waals surface area (Å²) in [5.74, 6) is -0.471. The average molecular weight is 1310 g/mol. The molecule has 0 radical (unpaired) electrons. The third-order valence-corrected chi connectivity index (χ3v) is 20.2. The van der Waals surface area contributed by atoms with E-state index < -0.39 is 20.0 Å². The first-order valence-corrected chi connectivity index (χ1v) is 42.5. The first kappa shape index (κ1) is 89.8. The minimum atomic E-state index is -4.45. The summed E-state index contributed by atoms with van der Waals surface area (Å²) in [4.78, 5) is 38.1. The van der Waals surface area contributed by atoms with Gasteiger partial charge in [-0.1, -0.05) is 412 Å². The molecule has 91 heavy (non-hydrogen) atoms. The Hall–Kier alpha value is -1.25. The Bertz CT molecular complexity index is 1550. The van der Waals surface area contributed by atoms with Crippen LogP contribution in [0.4, 0.5) is 0 Å². The first-order valence-electron chi connectivity index (χ1n) is 41.0. The van der Waals surface area contributed by atoms with Crippen LogP contribution >= 0.6 is 7.82 Å². The van der Waals surface area contributed by atoms with Gasteiger partial charge in [0, 0.05) is 12.8 Å². The van der Waals surface area contributed by atoms with Gasteiger partial charge >= 0.3 is 13.8 Å². The van der Waals surface area contributed by atoms with Crippen molar-refractivity contribution in [2.75, 3.05) is 40.9 Å². The summed E-state index contributed by atoms with van der Waals surface area (Å²) in [5.41, 5.74) is 0. The van der Waals surface area contributed by atoms with E-state index in [1.807, 2.05) is 27.2 Å². The molecule has 0 aliphatic heterocycles. The van der Waals surface area contributed by atoms with Crippen LogP contribution in [0.2, 0.25) is 0 Å². The molecule has 9 nitrogen and oxygen atoms in total. The van der Waals surface area contributed by atoms with E-state index in [-0.39, 0.29) is 25.1 Å². The molecule has 0 fully saturated rings. The van der Waals surface area contributed by atoms with E-state index in [1.54, 1.807) is 0 Å². The Morgan fingerprint density at radius 3 is 0.901 bits per heavy atom. The maximum absolute atomic E-state index is 13.7. The minimum Gasteiger partial charge on any atom is -0.456 e. The zero-order valence-electron chi connectivity index (χ0n) is 62.4. The topological polar surface area (TPSA) is 111 Å². The van der Waals surface area contributed by atoms with Gasteiger partial charge in [0.1, 0.15) is 19.3 Å². The Kier molecular flexibility index (Phi) is 70.5. The second-order valence-corrected chi connectivity index (χ2v) is 31.1. The van der Waals surface area contributed by atoms with Crippen molar-refractivity contribution < 1.29 is 37.3 Å². The second-order valence-electron chi connectivity index (χ2n) is 29.7. The van der Waals surface area contributed by atoms with E-state index in [0.29, 0.717) is 23.9 Å². The summed E-state index contributed by atoms with van der Waals surface area (Å²) in [7, 11) is 1.53. The summed E-state index contributed by atoms with van der Waals surface area (Å²) in [5, 5.41) is 3.09. The molecule has 0 aromatic heterocycles. The standard InChI is InChI=1S/C81H161N2O7P/c1-7-10-13-16-19-22-25-28-30-32-34-36-38-40-41-43-45-47-49-51-53-56-59-62-65-68-71-74-81(85)90-79(72-69-66-63-60-57-54-27-24-21-18-15-12-9-3)78(77-89-91(86,87)88-76-75-83(4,5)6)82-80(84)73-70-67-64-61-58-55-52-50-48-46-44-42-39-37-35-33-31-29-26-23-20-17-14-11-8-2/h69,72,78-79H,7-68,70-71,73-77H2,1-6H3,(H-,82,84,86,87)/p+1/b72-69+. The van der Waals surface area contributed by atoms with Gasteiger partial charge in [-0.3, -0.25) is 18.6 Å². The number of phosphoric acid groups is 1. The molecule has 3 unspecified atom stereocenters. The molecule has 0 aromatic rings. The van der Waals surface area contributed by atoms with Crippen molar-refractivity contribution in [3.05, 3.63) is 12.2 Å². The number of nitrogens with zero attached hydrogens (tertiary/aromatic N) is 1. The van der Waals surface area contributed by atoms with Crippen molar-refractivity contribution >= 4 is 19.7 Å². The zero-order valence-corrected chi connectivity index (χ0v) is 63.3. The SMILES string of the molecule is CCCCCCCCCCCCC/C=C/C(OC(=O)CCCCCCCCCCCCCCCCCCCCCCCCCCCCC)C(COP(=O)(O)OCC[N+](C)(C)C)NC(=O)CCCCCCCCCCCCCCCCCCCCCCCCCCC. The van der Waals surface area contributed by atoms with Gasteiger partial charge in [-0.05, 0) is 31.8 Å². The highest BCUT2D eigenvalue weighted by Crippen LogP contribution is 2.43. The summed E-state index contributed by atoms with van der Waals surface area (Å²) >= 11 is 0. The smallest absolute Gasteiger partial charge is 0.456 e. The van der Waals surface area contributed by atoms with Crippen LogP contribution in [-0.2, 0) is 27.9 Å². The number of unbranched alkanes of at least 4 members (excludes halogenated alkanes) is 61. The highest BCUT2D eigenvalue weighted by molar-refractivity contribution is 7.47. The van der Waals surface area contributed by atoms with Crippen molar-refractivity contribution in [1.29, 1.82) is 0 Å². The van der Waals surface area contributed by atoms with Crippen LogP contribution in [-0.4, -0.2) is 74.3 Å². The van der Waals surface area contributed by atoms with Crippen LogP contribution in [0.15, 0.2) is 12.2 Å². The summed E-state index contributed by atoms with van der Waals surface area (Å²) < 4.78 is 31.0. The summed E-state index contributed by atoms with van der Waals surface area (Å²) in [6, 6.07) is -0.842. The van der Waals surface area contributed by atoms with E-state index >= 15 is 0 Å². The number of allylic oxidation sites excluding steroid dienone is 1. The molecule has 10 heteroatoms. The number of carbonyl (C=O) groups is 2. The second kappa shape index (κ2) is 71.5. The van der Waals surface area contributed by atoms with Crippen LogP contribution in [0, 0.1) is 0 Å². The van der Waals surface area contributed by atoms with Gasteiger partial charge in [0.05, 0.1) is 33.8 Å². The number of phosphoric ester groups is 1. The lowest BCUT2D eigenvalue weighted by Crippen LogP contribution is -2.47. The molecule has 0 spiro atoms. The Morgan fingerprint density at radius 2 is 0.626 bits per heavy atom. The van der Waals surface area contributed by atoms with Gasteiger partial charge in [0.2, 0.25) is 5.91 Å². The highest BCUT2D eigenvalue weighted by Gasteiger charge is 2.30. The van der Waals surface area contributed by atoms with Gasteiger partial charge in [-0.15, -0.1) is 0 Å². The van der Waals surface area contributed by atoms with Gasteiger partial charge in [-0.25, -0.2) is 4.57 Å². The number of quaternary nitrogens is 1. The molecule has 0 aromatic carbocycles. The van der Waals surface area contributed by atoms with E-state index in [1.165, 1.54) is 353 Å². The van der Waals surface area contributed by atoms with Crippen LogP contribution < -0.4 is 5.32 Å². The zero-order chi connectivity index (χ0) is 66.3. The predicted molar refractivity (Wildman–Crippen MR) is 397 cm³/mol. The van der Waals surface area contributed by atoms with E-state index in [2.05, 4.69) is 32.2 Å². The predicted octanol–water partition coefficient (Wildman–Crippen LogP) is 26.6. The van der Waals surface area contributed by atoms with E-state index in [9.17, 15) is 19.0 Å². The van der Waals surface area contributed by atoms with Crippen molar-refractivity contribution in [1.82, 2.24) is 5.32 Å². The molecular formula is C81H162N2O7P+. The van der Waals surface area contributed by atoms with Crippen LogP contribution in [0.5, 0.6) is 0 Å². The number of nitrogens with one attached hydrogen (secondary N) is 1. The number of hydrogen-bond donors (Lipinski definition) is 2. The number of esters is 1. The number of ether oxygens (including phenoxy) is 1. The molecular weight excluding hydrogens is 1140 g/mol. The van der Waals surface area contributed by atoms with Crippen molar-refractivity contribution in [2.24, 2.45) is 0 Å². The highest BCUT2D eigenvalue weighted by atomic mass is 31.2. The molecule has 3 atom stereocenters. The van der Waals surface area contributed by atoms with Gasteiger partial charge in [0.15, 0.2) is 0 Å². The number of likely N-dealkylation sites (N-methyl/N-ethyl adjacent to an activating group) is 1. The molecule has 0 aliphatic carbocycles. The van der Waals surface area contributed by atoms with Crippen molar-refractivity contribution in [3.8, 4) is 0 Å².